The first-order valence-corrected chi connectivity index (χ1v) is 7.40. The summed E-state index contributed by atoms with van der Waals surface area (Å²) < 4.78 is 10.0. The molecule has 2 aromatic rings. The van der Waals surface area contributed by atoms with Gasteiger partial charge < -0.3 is 14.1 Å². The van der Waals surface area contributed by atoms with Gasteiger partial charge in [-0.25, -0.2) is 4.79 Å². The quantitative estimate of drug-likeness (QED) is 0.490. The maximum Gasteiger partial charge on any atom is 0.349 e. The normalized spacial score (nSPS) is 13.3. The molecular weight excluding hydrogens is 308 g/mol. The van der Waals surface area contributed by atoms with Gasteiger partial charge in [-0.1, -0.05) is 18.2 Å². The second-order valence-electron chi connectivity index (χ2n) is 5.19. The fraction of sp³-hybridized carbons (Fsp3) is 0.167. The molecule has 0 fully saturated rings. The van der Waals surface area contributed by atoms with Gasteiger partial charge in [-0.3, -0.25) is 4.79 Å². The summed E-state index contributed by atoms with van der Waals surface area (Å²) in [6.45, 7) is 0.146. The number of nitrogens with zero attached hydrogens (tertiary/aromatic N) is 2. The molecule has 24 heavy (non-hydrogen) atoms. The second kappa shape index (κ2) is 6.84. The molecule has 0 unspecified atom stereocenters. The SMILES string of the molecule is N#C/C(=C\c1ccco1)C(=O)OCC(=O)N1CCc2ccccc21. The van der Waals surface area contributed by atoms with E-state index in [1.54, 1.807) is 23.1 Å². The first-order chi connectivity index (χ1) is 11.7. The molecule has 0 atom stereocenters. The summed E-state index contributed by atoms with van der Waals surface area (Å²) in [5, 5.41) is 9.05. The summed E-state index contributed by atoms with van der Waals surface area (Å²) in [5.74, 6) is -0.804. The van der Waals surface area contributed by atoms with Crippen LogP contribution in [0.1, 0.15) is 11.3 Å². The minimum Gasteiger partial charge on any atom is -0.465 e. The average Bonchev–Trinajstić information content (AvgIpc) is 3.26. The molecule has 2 heterocycles. The van der Waals surface area contributed by atoms with Crippen LogP contribution in [0.5, 0.6) is 0 Å². The first-order valence-electron chi connectivity index (χ1n) is 7.40. The highest BCUT2D eigenvalue weighted by Gasteiger charge is 2.25. The number of amides is 1. The fourth-order valence-corrected chi connectivity index (χ4v) is 2.53. The molecule has 1 aromatic heterocycles. The van der Waals surface area contributed by atoms with Crippen molar-refractivity contribution in [3.63, 3.8) is 0 Å². The summed E-state index contributed by atoms with van der Waals surface area (Å²) in [6, 6.07) is 12.6. The van der Waals surface area contributed by atoms with Crippen LogP contribution < -0.4 is 4.90 Å². The number of para-hydroxylation sites is 1. The van der Waals surface area contributed by atoms with Crippen LogP contribution in [0.3, 0.4) is 0 Å². The number of nitriles is 1. The van der Waals surface area contributed by atoms with Crippen LogP contribution in [0.25, 0.3) is 6.08 Å². The van der Waals surface area contributed by atoms with Crippen LogP contribution in [-0.4, -0.2) is 25.0 Å². The van der Waals surface area contributed by atoms with Gasteiger partial charge in [-0.05, 0) is 30.2 Å². The van der Waals surface area contributed by atoms with Crippen molar-refractivity contribution in [3.8, 4) is 6.07 Å². The molecule has 0 radical (unpaired) electrons. The van der Waals surface area contributed by atoms with Gasteiger partial charge in [0.2, 0.25) is 0 Å². The predicted octanol–water partition coefficient (Wildman–Crippen LogP) is 2.32. The molecule has 120 valence electrons. The van der Waals surface area contributed by atoms with Crippen LogP contribution in [0.2, 0.25) is 0 Å². The number of esters is 1. The van der Waals surface area contributed by atoms with Crippen LogP contribution >= 0.6 is 0 Å². The topological polar surface area (TPSA) is 83.5 Å². The number of rotatable bonds is 4. The second-order valence-corrected chi connectivity index (χ2v) is 5.19. The van der Waals surface area contributed by atoms with Crippen LogP contribution in [0.15, 0.2) is 52.7 Å². The van der Waals surface area contributed by atoms with E-state index in [0.717, 1.165) is 17.7 Å². The highest BCUT2D eigenvalue weighted by atomic mass is 16.5. The van der Waals surface area contributed by atoms with Gasteiger partial charge in [0.15, 0.2) is 6.61 Å². The maximum absolute atomic E-state index is 12.3. The maximum atomic E-state index is 12.3. The lowest BCUT2D eigenvalue weighted by Crippen LogP contribution is -2.33. The van der Waals surface area contributed by atoms with Gasteiger partial charge in [0.05, 0.1) is 6.26 Å². The number of hydrogen-bond donors (Lipinski definition) is 0. The number of fused-ring (bicyclic) bond motifs is 1. The van der Waals surface area contributed by atoms with Crippen molar-refractivity contribution in [2.24, 2.45) is 0 Å². The zero-order valence-electron chi connectivity index (χ0n) is 12.8. The number of hydrogen-bond acceptors (Lipinski definition) is 5. The van der Waals surface area contributed by atoms with Crippen molar-refractivity contribution in [3.05, 3.63) is 59.6 Å². The van der Waals surface area contributed by atoms with E-state index in [-0.39, 0.29) is 11.5 Å². The number of carbonyl (C=O) groups excluding carboxylic acids is 2. The van der Waals surface area contributed by atoms with Gasteiger partial charge in [0.1, 0.15) is 17.4 Å². The van der Waals surface area contributed by atoms with Crippen LogP contribution in [0, 0.1) is 11.3 Å². The van der Waals surface area contributed by atoms with Crippen molar-refractivity contribution in [1.82, 2.24) is 0 Å². The Morgan fingerprint density at radius 2 is 2.12 bits per heavy atom. The van der Waals surface area contributed by atoms with E-state index in [4.69, 9.17) is 14.4 Å². The molecule has 3 rings (SSSR count). The standard InChI is InChI=1S/C18H14N2O4/c19-11-14(10-15-5-3-9-23-15)18(22)24-12-17(21)20-8-7-13-4-1-2-6-16(13)20/h1-6,9-10H,7-8,12H2/b14-10+. The molecule has 1 aliphatic rings. The van der Waals surface area contributed by atoms with E-state index in [2.05, 4.69) is 0 Å². The average molecular weight is 322 g/mol. The lowest BCUT2D eigenvalue weighted by molar-refractivity contribution is -0.143. The van der Waals surface area contributed by atoms with Crippen molar-refractivity contribution in [2.45, 2.75) is 6.42 Å². The lowest BCUT2D eigenvalue weighted by atomic mass is 10.2. The van der Waals surface area contributed by atoms with Crippen molar-refractivity contribution >= 4 is 23.6 Å². The van der Waals surface area contributed by atoms with Gasteiger partial charge in [0, 0.05) is 18.3 Å². The summed E-state index contributed by atoms with van der Waals surface area (Å²) in [5.41, 5.74) is 1.71. The summed E-state index contributed by atoms with van der Waals surface area (Å²) in [7, 11) is 0. The largest absolute Gasteiger partial charge is 0.465 e. The van der Waals surface area contributed by atoms with Gasteiger partial charge >= 0.3 is 5.97 Å². The smallest absolute Gasteiger partial charge is 0.349 e. The van der Waals surface area contributed by atoms with E-state index in [1.807, 2.05) is 24.3 Å². The Bertz CT molecular complexity index is 831. The first kappa shape index (κ1) is 15.6. The Hall–Kier alpha value is -3.33. The Labute approximate surface area is 138 Å². The van der Waals surface area contributed by atoms with E-state index in [9.17, 15) is 9.59 Å². The third-order valence-electron chi connectivity index (χ3n) is 3.69. The number of ether oxygens (including phenoxy) is 1. The van der Waals surface area contributed by atoms with E-state index in [0.29, 0.717) is 12.3 Å². The fourth-order valence-electron chi connectivity index (χ4n) is 2.53. The molecule has 0 spiro atoms. The number of carbonyl (C=O) groups is 2. The number of furan rings is 1. The monoisotopic (exact) mass is 322 g/mol. The van der Waals surface area contributed by atoms with E-state index >= 15 is 0 Å². The van der Waals surface area contributed by atoms with Gasteiger partial charge in [-0.15, -0.1) is 0 Å². The van der Waals surface area contributed by atoms with Crippen LogP contribution in [-0.2, 0) is 20.7 Å². The van der Waals surface area contributed by atoms with Gasteiger partial charge in [0.25, 0.3) is 5.91 Å². The third kappa shape index (κ3) is 3.20. The molecule has 0 aliphatic carbocycles. The Balaban J connectivity index is 1.62. The summed E-state index contributed by atoms with van der Waals surface area (Å²) in [4.78, 5) is 25.8. The molecule has 0 N–H and O–H groups in total. The molecule has 6 heteroatoms. The highest BCUT2D eigenvalue weighted by molar-refractivity contribution is 6.01. The minimum atomic E-state index is -0.852. The minimum absolute atomic E-state index is 0.223. The third-order valence-corrected chi connectivity index (χ3v) is 3.69. The number of anilines is 1. The lowest BCUT2D eigenvalue weighted by Gasteiger charge is -2.17. The van der Waals surface area contributed by atoms with Crippen LogP contribution in [0.4, 0.5) is 5.69 Å². The zero-order valence-corrected chi connectivity index (χ0v) is 12.8. The zero-order chi connectivity index (χ0) is 16.9. The van der Waals surface area contributed by atoms with E-state index in [1.165, 1.54) is 12.3 Å². The summed E-state index contributed by atoms with van der Waals surface area (Å²) >= 11 is 0. The molecule has 1 aliphatic heterocycles. The Morgan fingerprint density at radius 3 is 2.88 bits per heavy atom. The molecular formula is C18H14N2O4. The van der Waals surface area contributed by atoms with E-state index < -0.39 is 12.6 Å². The van der Waals surface area contributed by atoms with Gasteiger partial charge in [-0.2, -0.15) is 5.26 Å². The highest BCUT2D eigenvalue weighted by Crippen LogP contribution is 2.27. The molecule has 1 amide bonds. The molecule has 0 saturated heterocycles. The Morgan fingerprint density at radius 1 is 1.29 bits per heavy atom. The predicted molar refractivity (Wildman–Crippen MR) is 85.8 cm³/mol. The number of benzene rings is 1. The Kier molecular flexibility index (Phi) is 4.43. The summed E-state index contributed by atoms with van der Waals surface area (Å²) in [6.07, 6.45) is 3.48. The molecule has 0 saturated carbocycles. The van der Waals surface area contributed by atoms with Crippen molar-refractivity contribution < 1.29 is 18.7 Å². The molecule has 1 aromatic carbocycles. The molecule has 0 bridgehead atoms. The molecule has 6 nitrogen and oxygen atoms in total. The van der Waals surface area contributed by atoms with Crippen molar-refractivity contribution in [2.75, 3.05) is 18.1 Å². The van der Waals surface area contributed by atoms with Crippen molar-refractivity contribution in [1.29, 1.82) is 5.26 Å².